The third kappa shape index (κ3) is 5.03. The molecular formula is C22H25N5O3S2. The van der Waals surface area contributed by atoms with Gasteiger partial charge in [0.15, 0.2) is 5.16 Å². The minimum absolute atomic E-state index is 0.0284. The van der Waals surface area contributed by atoms with E-state index in [0.717, 1.165) is 11.4 Å². The van der Waals surface area contributed by atoms with E-state index in [2.05, 4.69) is 10.2 Å². The summed E-state index contributed by atoms with van der Waals surface area (Å²) in [6.07, 6.45) is 0.677. The number of nitrogens with zero attached hydrogens (tertiary/aromatic N) is 5. The van der Waals surface area contributed by atoms with E-state index < -0.39 is 10.0 Å². The number of aromatic nitrogens is 3. The number of thioether (sulfide) groups is 1. The zero-order chi connectivity index (χ0) is 22.6. The van der Waals surface area contributed by atoms with Crippen molar-refractivity contribution < 1.29 is 13.2 Å². The summed E-state index contributed by atoms with van der Waals surface area (Å²) >= 11 is 1.35. The molecule has 2 heterocycles. The van der Waals surface area contributed by atoms with E-state index in [1.165, 1.54) is 16.1 Å². The van der Waals surface area contributed by atoms with Crippen molar-refractivity contribution in [2.45, 2.75) is 16.5 Å². The molecule has 3 aromatic rings. The second kappa shape index (κ2) is 9.85. The molecule has 0 N–H and O–H groups in total. The molecule has 0 saturated carbocycles. The highest BCUT2D eigenvalue weighted by Gasteiger charge is 2.30. The lowest BCUT2D eigenvalue weighted by Crippen LogP contribution is -2.50. The molecule has 32 heavy (non-hydrogen) atoms. The normalized spacial score (nSPS) is 15.1. The van der Waals surface area contributed by atoms with Gasteiger partial charge in [0.05, 0.1) is 10.6 Å². The van der Waals surface area contributed by atoms with Gasteiger partial charge in [-0.3, -0.25) is 4.79 Å². The first-order chi connectivity index (χ1) is 15.4. The van der Waals surface area contributed by atoms with Crippen LogP contribution in [-0.2, 0) is 28.3 Å². The van der Waals surface area contributed by atoms with Gasteiger partial charge in [-0.15, -0.1) is 10.2 Å². The monoisotopic (exact) mass is 471 g/mol. The second-order valence-electron chi connectivity index (χ2n) is 7.51. The molecule has 0 radical (unpaired) electrons. The molecule has 1 aliphatic rings. The number of benzene rings is 2. The fourth-order valence-electron chi connectivity index (χ4n) is 3.54. The molecule has 8 nitrogen and oxygen atoms in total. The van der Waals surface area contributed by atoms with Crippen LogP contribution >= 0.6 is 11.8 Å². The first kappa shape index (κ1) is 22.5. The van der Waals surface area contributed by atoms with E-state index in [1.807, 2.05) is 41.9 Å². The maximum absolute atomic E-state index is 12.7. The van der Waals surface area contributed by atoms with Gasteiger partial charge in [-0.2, -0.15) is 4.31 Å². The smallest absolute Gasteiger partial charge is 0.243 e. The summed E-state index contributed by atoms with van der Waals surface area (Å²) < 4.78 is 28.8. The predicted molar refractivity (Wildman–Crippen MR) is 123 cm³/mol. The molecule has 1 fully saturated rings. The molecule has 0 bridgehead atoms. The number of piperazine rings is 1. The fraction of sp³-hybridized carbons (Fsp3) is 0.318. The van der Waals surface area contributed by atoms with Crippen LogP contribution in [0.15, 0.2) is 70.7 Å². The van der Waals surface area contributed by atoms with Crippen molar-refractivity contribution in [2.24, 2.45) is 7.05 Å². The van der Waals surface area contributed by atoms with Gasteiger partial charge in [0.1, 0.15) is 5.82 Å². The second-order valence-corrected chi connectivity index (χ2v) is 10.4. The van der Waals surface area contributed by atoms with Crippen LogP contribution in [-0.4, -0.2) is 70.2 Å². The summed E-state index contributed by atoms with van der Waals surface area (Å²) in [5, 5.41) is 9.18. The summed E-state index contributed by atoms with van der Waals surface area (Å²) in [6.45, 7) is 1.34. The number of hydrogen-bond donors (Lipinski definition) is 0. The minimum Gasteiger partial charge on any atom is -0.339 e. The van der Waals surface area contributed by atoms with Gasteiger partial charge in [0, 0.05) is 39.6 Å². The highest BCUT2D eigenvalue weighted by Crippen LogP contribution is 2.20. The summed E-state index contributed by atoms with van der Waals surface area (Å²) in [5.41, 5.74) is 1.15. The average molecular weight is 472 g/mol. The van der Waals surface area contributed by atoms with Crippen LogP contribution in [0.1, 0.15) is 11.4 Å². The minimum atomic E-state index is -3.53. The van der Waals surface area contributed by atoms with Crippen LogP contribution in [0.3, 0.4) is 0 Å². The Labute approximate surface area is 192 Å². The van der Waals surface area contributed by atoms with Gasteiger partial charge in [0.2, 0.25) is 15.9 Å². The van der Waals surface area contributed by atoms with E-state index in [4.69, 9.17) is 0 Å². The van der Waals surface area contributed by atoms with Crippen molar-refractivity contribution in [1.82, 2.24) is 24.0 Å². The quantitative estimate of drug-likeness (QED) is 0.490. The lowest BCUT2D eigenvalue weighted by atomic mass is 10.1. The summed E-state index contributed by atoms with van der Waals surface area (Å²) in [6, 6.07) is 18.4. The zero-order valence-electron chi connectivity index (χ0n) is 17.8. The Morgan fingerprint density at radius 1 is 0.938 bits per heavy atom. The number of rotatable bonds is 7. The van der Waals surface area contributed by atoms with E-state index in [1.54, 1.807) is 35.2 Å². The Morgan fingerprint density at radius 2 is 1.56 bits per heavy atom. The first-order valence-electron chi connectivity index (χ1n) is 10.3. The largest absolute Gasteiger partial charge is 0.339 e. The Morgan fingerprint density at radius 3 is 2.22 bits per heavy atom. The number of carbonyl (C=O) groups excluding carboxylic acids is 1. The van der Waals surface area contributed by atoms with Crippen molar-refractivity contribution in [3.8, 4) is 0 Å². The van der Waals surface area contributed by atoms with Crippen molar-refractivity contribution in [2.75, 3.05) is 31.9 Å². The number of hydrogen-bond acceptors (Lipinski definition) is 6. The first-order valence-corrected chi connectivity index (χ1v) is 12.8. The van der Waals surface area contributed by atoms with Gasteiger partial charge >= 0.3 is 0 Å². The molecular weight excluding hydrogens is 446 g/mol. The molecule has 1 aromatic heterocycles. The topological polar surface area (TPSA) is 88.4 Å². The van der Waals surface area contributed by atoms with Crippen LogP contribution < -0.4 is 0 Å². The highest BCUT2D eigenvalue weighted by molar-refractivity contribution is 7.99. The lowest BCUT2D eigenvalue weighted by Gasteiger charge is -2.34. The van der Waals surface area contributed by atoms with Crippen molar-refractivity contribution >= 4 is 27.7 Å². The van der Waals surface area contributed by atoms with Crippen molar-refractivity contribution in [3.05, 3.63) is 72.1 Å². The fourth-order valence-corrected chi connectivity index (χ4v) is 5.82. The van der Waals surface area contributed by atoms with Gasteiger partial charge in [-0.25, -0.2) is 8.42 Å². The van der Waals surface area contributed by atoms with Crippen LogP contribution in [0.5, 0.6) is 0 Å². The van der Waals surface area contributed by atoms with E-state index in [9.17, 15) is 13.2 Å². The third-order valence-corrected chi connectivity index (χ3v) is 8.35. The SMILES string of the molecule is Cn1c(Cc2ccccc2)nnc1SCC(=O)N1CCN(S(=O)(=O)c2ccccc2)CC1. The molecule has 0 aliphatic carbocycles. The standard InChI is InChI=1S/C22H25N5O3S2/c1-25-20(16-18-8-4-2-5-9-18)23-24-22(25)31-17-21(28)26-12-14-27(15-13-26)32(29,30)19-10-6-3-7-11-19/h2-11H,12-17H2,1H3. The molecule has 168 valence electrons. The number of amides is 1. The molecule has 10 heteroatoms. The van der Waals surface area contributed by atoms with Gasteiger partial charge in [0.25, 0.3) is 0 Å². The average Bonchev–Trinajstić information content (AvgIpc) is 3.17. The third-order valence-electron chi connectivity index (χ3n) is 5.43. The molecule has 0 unspecified atom stereocenters. The molecule has 2 aromatic carbocycles. The van der Waals surface area contributed by atoms with E-state index in [0.29, 0.717) is 37.8 Å². The molecule has 0 spiro atoms. The van der Waals surface area contributed by atoms with Gasteiger partial charge < -0.3 is 9.47 Å². The highest BCUT2D eigenvalue weighted by atomic mass is 32.2. The Kier molecular flexibility index (Phi) is 6.92. The summed E-state index contributed by atoms with van der Waals surface area (Å²) in [7, 11) is -1.63. The predicted octanol–water partition coefficient (Wildman–Crippen LogP) is 2.03. The number of carbonyl (C=O) groups is 1. The zero-order valence-corrected chi connectivity index (χ0v) is 19.4. The maximum atomic E-state index is 12.7. The van der Waals surface area contributed by atoms with Crippen LogP contribution in [0.25, 0.3) is 0 Å². The Bertz CT molecular complexity index is 1160. The molecule has 1 aliphatic heterocycles. The molecule has 0 atom stereocenters. The molecule has 4 rings (SSSR count). The summed E-state index contributed by atoms with van der Waals surface area (Å²) in [5.74, 6) is 1.05. The van der Waals surface area contributed by atoms with Gasteiger partial charge in [-0.1, -0.05) is 60.3 Å². The van der Waals surface area contributed by atoms with Crippen molar-refractivity contribution in [1.29, 1.82) is 0 Å². The summed E-state index contributed by atoms with van der Waals surface area (Å²) in [4.78, 5) is 14.7. The lowest BCUT2D eigenvalue weighted by molar-refractivity contribution is -0.129. The molecule has 1 saturated heterocycles. The Hall–Kier alpha value is -2.69. The van der Waals surface area contributed by atoms with Crippen LogP contribution in [0.4, 0.5) is 0 Å². The van der Waals surface area contributed by atoms with Crippen LogP contribution in [0, 0.1) is 0 Å². The van der Waals surface area contributed by atoms with Crippen LogP contribution in [0.2, 0.25) is 0 Å². The molecule has 1 amide bonds. The number of sulfonamides is 1. The van der Waals surface area contributed by atoms with Gasteiger partial charge in [-0.05, 0) is 17.7 Å². The van der Waals surface area contributed by atoms with Crippen molar-refractivity contribution in [3.63, 3.8) is 0 Å². The maximum Gasteiger partial charge on any atom is 0.243 e. The Balaban J connectivity index is 1.30. The van der Waals surface area contributed by atoms with E-state index >= 15 is 0 Å². The van der Waals surface area contributed by atoms with E-state index in [-0.39, 0.29) is 16.6 Å².